The fourth-order valence-electron chi connectivity index (χ4n) is 2.98. The first-order valence-electron chi connectivity index (χ1n) is 8.40. The second-order valence-corrected chi connectivity index (χ2v) is 5.98. The Morgan fingerprint density at radius 3 is 2.50 bits per heavy atom. The Hall–Kier alpha value is -3.68. The van der Waals surface area contributed by atoms with Gasteiger partial charge in [0.1, 0.15) is 28.7 Å². The SMILES string of the molecule is CNc1nc(-c2ccnnc2)nc2c(OC)cc(-c3ccc(F)cc3F)cc12. The van der Waals surface area contributed by atoms with Gasteiger partial charge in [0, 0.05) is 29.6 Å². The van der Waals surface area contributed by atoms with E-state index in [0.717, 1.165) is 6.07 Å². The number of nitrogens with zero attached hydrogens (tertiary/aromatic N) is 4. The van der Waals surface area contributed by atoms with Gasteiger partial charge in [-0.3, -0.25) is 0 Å². The minimum atomic E-state index is -0.659. The van der Waals surface area contributed by atoms with E-state index in [1.165, 1.54) is 19.2 Å². The smallest absolute Gasteiger partial charge is 0.163 e. The van der Waals surface area contributed by atoms with E-state index < -0.39 is 11.6 Å². The van der Waals surface area contributed by atoms with Crippen molar-refractivity contribution in [2.24, 2.45) is 0 Å². The van der Waals surface area contributed by atoms with Crippen LogP contribution in [0.25, 0.3) is 33.4 Å². The van der Waals surface area contributed by atoms with Crippen LogP contribution in [0.5, 0.6) is 5.75 Å². The molecule has 28 heavy (non-hydrogen) atoms. The zero-order valence-corrected chi connectivity index (χ0v) is 15.1. The molecular formula is C20H15F2N5O. The molecule has 4 rings (SSSR count). The average molecular weight is 379 g/mol. The van der Waals surface area contributed by atoms with E-state index in [2.05, 4.69) is 25.5 Å². The van der Waals surface area contributed by atoms with Crippen LogP contribution in [-0.4, -0.2) is 34.3 Å². The van der Waals surface area contributed by atoms with Crippen LogP contribution in [0.1, 0.15) is 0 Å². The highest BCUT2D eigenvalue weighted by molar-refractivity contribution is 5.97. The Balaban J connectivity index is 1.98. The lowest BCUT2D eigenvalue weighted by Gasteiger charge is -2.13. The molecule has 2 aromatic carbocycles. The lowest BCUT2D eigenvalue weighted by molar-refractivity contribution is 0.419. The summed E-state index contributed by atoms with van der Waals surface area (Å²) in [6.45, 7) is 0. The number of hydrogen-bond acceptors (Lipinski definition) is 6. The summed E-state index contributed by atoms with van der Waals surface area (Å²) in [4.78, 5) is 9.14. The molecule has 0 bridgehead atoms. The number of anilines is 1. The molecule has 0 unspecified atom stereocenters. The monoisotopic (exact) mass is 379 g/mol. The lowest BCUT2D eigenvalue weighted by Crippen LogP contribution is -2.01. The Bertz CT molecular complexity index is 1170. The minimum Gasteiger partial charge on any atom is -0.494 e. The van der Waals surface area contributed by atoms with Crippen LogP contribution in [-0.2, 0) is 0 Å². The van der Waals surface area contributed by atoms with Crippen molar-refractivity contribution < 1.29 is 13.5 Å². The summed E-state index contributed by atoms with van der Waals surface area (Å²) in [5.41, 5.74) is 2.04. The topological polar surface area (TPSA) is 72.8 Å². The minimum absolute atomic E-state index is 0.256. The van der Waals surface area contributed by atoms with Gasteiger partial charge in [-0.05, 0) is 35.9 Å². The number of hydrogen-bond donors (Lipinski definition) is 1. The fraction of sp³-hybridized carbons (Fsp3) is 0.100. The first kappa shape index (κ1) is 17.7. The number of nitrogens with one attached hydrogen (secondary N) is 1. The summed E-state index contributed by atoms with van der Waals surface area (Å²) >= 11 is 0. The van der Waals surface area contributed by atoms with Crippen LogP contribution in [0, 0.1) is 11.6 Å². The Morgan fingerprint density at radius 2 is 1.82 bits per heavy atom. The lowest BCUT2D eigenvalue weighted by atomic mass is 10.0. The predicted molar refractivity (Wildman–Crippen MR) is 102 cm³/mol. The van der Waals surface area contributed by atoms with Gasteiger partial charge < -0.3 is 10.1 Å². The molecule has 0 aliphatic rings. The van der Waals surface area contributed by atoms with Gasteiger partial charge in [-0.15, -0.1) is 0 Å². The van der Waals surface area contributed by atoms with Gasteiger partial charge in [0.15, 0.2) is 5.82 Å². The van der Waals surface area contributed by atoms with Crippen LogP contribution in [0.3, 0.4) is 0 Å². The molecule has 0 radical (unpaired) electrons. The Kier molecular flexibility index (Phi) is 4.52. The van der Waals surface area contributed by atoms with Gasteiger partial charge in [0.2, 0.25) is 0 Å². The van der Waals surface area contributed by atoms with Crippen molar-refractivity contribution in [2.45, 2.75) is 0 Å². The molecule has 0 spiro atoms. The molecule has 0 saturated heterocycles. The maximum absolute atomic E-state index is 14.3. The van der Waals surface area contributed by atoms with E-state index in [1.54, 1.807) is 37.6 Å². The zero-order chi connectivity index (χ0) is 19.7. The number of rotatable bonds is 4. The molecule has 1 N–H and O–H groups in total. The Morgan fingerprint density at radius 1 is 0.964 bits per heavy atom. The third-order valence-corrected chi connectivity index (χ3v) is 4.31. The number of benzene rings is 2. The number of aromatic nitrogens is 4. The first-order chi connectivity index (χ1) is 13.6. The number of methoxy groups -OCH3 is 1. The molecule has 8 heteroatoms. The summed E-state index contributed by atoms with van der Waals surface area (Å²) in [5, 5.41) is 11.3. The molecule has 140 valence electrons. The normalized spacial score (nSPS) is 10.9. The van der Waals surface area contributed by atoms with E-state index in [-0.39, 0.29) is 5.56 Å². The zero-order valence-electron chi connectivity index (χ0n) is 15.1. The first-order valence-corrected chi connectivity index (χ1v) is 8.40. The van der Waals surface area contributed by atoms with Gasteiger partial charge in [-0.2, -0.15) is 10.2 Å². The van der Waals surface area contributed by atoms with Crippen molar-refractivity contribution in [3.05, 3.63) is 60.4 Å². The molecule has 0 aliphatic carbocycles. The van der Waals surface area contributed by atoms with Crippen molar-refractivity contribution in [3.63, 3.8) is 0 Å². The van der Waals surface area contributed by atoms with Gasteiger partial charge in [-0.25, -0.2) is 18.7 Å². The van der Waals surface area contributed by atoms with Crippen LogP contribution < -0.4 is 10.1 Å². The van der Waals surface area contributed by atoms with E-state index in [4.69, 9.17) is 4.74 Å². The van der Waals surface area contributed by atoms with Crippen LogP contribution >= 0.6 is 0 Å². The van der Waals surface area contributed by atoms with Crippen LogP contribution in [0.2, 0.25) is 0 Å². The van der Waals surface area contributed by atoms with Crippen molar-refractivity contribution >= 4 is 16.7 Å². The average Bonchev–Trinajstić information content (AvgIpc) is 2.72. The number of ether oxygens (including phenoxy) is 1. The summed E-state index contributed by atoms with van der Waals surface area (Å²) in [5.74, 6) is 0.139. The highest BCUT2D eigenvalue weighted by Crippen LogP contribution is 2.36. The quantitative estimate of drug-likeness (QED) is 0.576. The number of halogens is 2. The molecule has 2 aromatic heterocycles. The van der Waals surface area contributed by atoms with E-state index in [0.29, 0.717) is 39.4 Å². The summed E-state index contributed by atoms with van der Waals surface area (Å²) in [7, 11) is 3.24. The fourth-order valence-corrected chi connectivity index (χ4v) is 2.98. The summed E-state index contributed by atoms with van der Waals surface area (Å²) < 4.78 is 33.1. The van der Waals surface area contributed by atoms with Crippen molar-refractivity contribution in [2.75, 3.05) is 19.5 Å². The molecule has 0 saturated carbocycles. The van der Waals surface area contributed by atoms with Crippen LogP contribution in [0.15, 0.2) is 48.8 Å². The molecule has 0 atom stereocenters. The molecule has 0 amide bonds. The maximum Gasteiger partial charge on any atom is 0.163 e. The highest BCUT2D eigenvalue weighted by Gasteiger charge is 2.16. The molecule has 4 aromatic rings. The largest absolute Gasteiger partial charge is 0.494 e. The van der Waals surface area contributed by atoms with E-state index in [1.807, 2.05) is 0 Å². The van der Waals surface area contributed by atoms with Gasteiger partial charge in [0.25, 0.3) is 0 Å². The van der Waals surface area contributed by atoms with Crippen molar-refractivity contribution in [3.8, 4) is 28.3 Å². The van der Waals surface area contributed by atoms with E-state index in [9.17, 15) is 8.78 Å². The standard InChI is InChI=1S/C20H15F2N5O/c1-23-20-15-7-12(14-4-3-13(21)9-16(14)22)8-17(28-2)18(15)26-19(27-20)11-5-6-24-25-10-11/h3-10H,1-2H3,(H,23,26,27). The third-order valence-electron chi connectivity index (χ3n) is 4.31. The Labute approximate surface area is 159 Å². The van der Waals surface area contributed by atoms with Crippen molar-refractivity contribution in [1.29, 1.82) is 0 Å². The molecule has 0 aliphatic heterocycles. The third kappa shape index (κ3) is 3.09. The van der Waals surface area contributed by atoms with Gasteiger partial charge in [-0.1, -0.05) is 0 Å². The highest BCUT2D eigenvalue weighted by atomic mass is 19.1. The van der Waals surface area contributed by atoms with Crippen LogP contribution in [0.4, 0.5) is 14.6 Å². The molecule has 6 nitrogen and oxygen atoms in total. The summed E-state index contributed by atoms with van der Waals surface area (Å²) in [6, 6.07) is 8.61. The van der Waals surface area contributed by atoms with E-state index >= 15 is 0 Å². The van der Waals surface area contributed by atoms with Gasteiger partial charge in [0.05, 0.1) is 19.5 Å². The van der Waals surface area contributed by atoms with Gasteiger partial charge >= 0.3 is 0 Å². The number of fused-ring (bicyclic) bond motifs is 1. The molecular weight excluding hydrogens is 364 g/mol. The predicted octanol–water partition coefficient (Wildman–Crippen LogP) is 4.08. The maximum atomic E-state index is 14.3. The molecule has 2 heterocycles. The summed E-state index contributed by atoms with van der Waals surface area (Å²) in [6.07, 6.45) is 3.12. The van der Waals surface area contributed by atoms with Crippen molar-refractivity contribution in [1.82, 2.24) is 20.2 Å². The second kappa shape index (κ2) is 7.15. The molecule has 0 fully saturated rings. The second-order valence-electron chi connectivity index (χ2n) is 5.98.